The molecule has 3 aromatic carbocycles. The summed E-state index contributed by atoms with van der Waals surface area (Å²) in [5.41, 5.74) is 6.48. The number of amides is 1. The zero-order chi connectivity index (χ0) is 24.8. The maximum atomic E-state index is 12.3. The molecule has 35 heavy (non-hydrogen) atoms. The first-order chi connectivity index (χ1) is 16.9. The van der Waals surface area contributed by atoms with Crippen molar-refractivity contribution in [3.63, 3.8) is 0 Å². The minimum absolute atomic E-state index is 0.130. The first kappa shape index (κ1) is 24.3. The fourth-order valence-corrected chi connectivity index (χ4v) is 3.89. The van der Waals surface area contributed by atoms with Gasteiger partial charge in [-0.2, -0.15) is 4.80 Å². The Balaban J connectivity index is 1.39. The van der Waals surface area contributed by atoms with Crippen molar-refractivity contribution in [3.05, 3.63) is 77.4 Å². The van der Waals surface area contributed by atoms with Gasteiger partial charge in [-0.3, -0.25) is 10.1 Å². The number of aryl methyl sites for hydroxylation is 3. The van der Waals surface area contributed by atoms with Crippen LogP contribution in [0.3, 0.4) is 0 Å². The number of hydrogen-bond acceptors (Lipinski definition) is 5. The number of aromatic nitrogens is 3. The highest BCUT2D eigenvalue weighted by molar-refractivity contribution is 7.80. The molecule has 4 rings (SSSR count). The van der Waals surface area contributed by atoms with Gasteiger partial charge in [-0.15, -0.1) is 10.2 Å². The standard InChI is InChI=1S/C27H29N5O2S/c1-4-5-8-20-10-12-21(13-11-20)32-30-24-15-19(3)23(16-25(24)31-32)28-27(35)29-26(33)17-34-22-9-6-7-18(2)14-22/h6-7,9-16H,4-5,8,17H2,1-3H3,(H2,28,29,33,35). The molecule has 0 saturated heterocycles. The van der Waals surface area contributed by atoms with E-state index in [1.165, 1.54) is 18.4 Å². The Labute approximate surface area is 210 Å². The molecule has 1 heterocycles. The molecule has 0 bridgehead atoms. The van der Waals surface area contributed by atoms with Gasteiger partial charge in [0.05, 0.1) is 5.69 Å². The third-order valence-corrected chi connectivity index (χ3v) is 5.78. The lowest BCUT2D eigenvalue weighted by atomic mass is 10.1. The predicted octanol–water partition coefficient (Wildman–Crippen LogP) is 5.27. The monoisotopic (exact) mass is 487 g/mol. The van der Waals surface area contributed by atoms with E-state index in [9.17, 15) is 4.79 Å². The Hall–Kier alpha value is -3.78. The van der Waals surface area contributed by atoms with Gasteiger partial charge in [-0.25, -0.2) is 0 Å². The number of nitrogens with zero attached hydrogens (tertiary/aromatic N) is 3. The van der Waals surface area contributed by atoms with Crippen molar-refractivity contribution in [1.82, 2.24) is 20.3 Å². The van der Waals surface area contributed by atoms with E-state index < -0.39 is 0 Å². The third kappa shape index (κ3) is 6.42. The first-order valence-corrected chi connectivity index (χ1v) is 12.1. The number of thiocarbonyl (C=S) groups is 1. The first-order valence-electron chi connectivity index (χ1n) is 11.7. The largest absolute Gasteiger partial charge is 0.484 e. The maximum Gasteiger partial charge on any atom is 0.264 e. The molecule has 0 aliphatic heterocycles. The maximum absolute atomic E-state index is 12.3. The van der Waals surface area contributed by atoms with Crippen LogP contribution in [0.4, 0.5) is 5.69 Å². The Morgan fingerprint density at radius 1 is 1.03 bits per heavy atom. The number of ether oxygens (including phenoxy) is 1. The molecule has 2 N–H and O–H groups in total. The number of anilines is 1. The summed E-state index contributed by atoms with van der Waals surface area (Å²) in [7, 11) is 0. The molecule has 0 unspecified atom stereocenters. The van der Waals surface area contributed by atoms with Gasteiger partial charge in [0.1, 0.15) is 16.8 Å². The lowest BCUT2D eigenvalue weighted by Gasteiger charge is -2.12. The van der Waals surface area contributed by atoms with Crippen LogP contribution in [0.5, 0.6) is 5.75 Å². The van der Waals surface area contributed by atoms with Gasteiger partial charge in [0, 0.05) is 5.69 Å². The molecule has 0 spiro atoms. The van der Waals surface area contributed by atoms with Crippen LogP contribution < -0.4 is 15.4 Å². The van der Waals surface area contributed by atoms with E-state index in [4.69, 9.17) is 17.0 Å². The minimum Gasteiger partial charge on any atom is -0.484 e. The average molecular weight is 488 g/mol. The van der Waals surface area contributed by atoms with Crippen LogP contribution in [0.2, 0.25) is 0 Å². The second-order valence-electron chi connectivity index (χ2n) is 8.52. The van der Waals surface area contributed by atoms with Gasteiger partial charge in [0.15, 0.2) is 11.7 Å². The molecule has 0 atom stereocenters. The zero-order valence-electron chi connectivity index (χ0n) is 20.2. The second-order valence-corrected chi connectivity index (χ2v) is 8.93. The Morgan fingerprint density at radius 3 is 2.49 bits per heavy atom. The Bertz CT molecular complexity index is 1350. The molecule has 1 amide bonds. The molecule has 0 fully saturated rings. The van der Waals surface area contributed by atoms with Crippen LogP contribution >= 0.6 is 12.2 Å². The number of nitrogens with one attached hydrogen (secondary N) is 2. The molecule has 180 valence electrons. The van der Waals surface area contributed by atoms with Crippen LogP contribution in [0.1, 0.15) is 36.5 Å². The smallest absolute Gasteiger partial charge is 0.264 e. The van der Waals surface area contributed by atoms with E-state index >= 15 is 0 Å². The lowest BCUT2D eigenvalue weighted by Crippen LogP contribution is -2.37. The molecule has 7 nitrogen and oxygen atoms in total. The van der Waals surface area contributed by atoms with E-state index in [-0.39, 0.29) is 17.6 Å². The van der Waals surface area contributed by atoms with Crippen molar-refractivity contribution in [1.29, 1.82) is 0 Å². The van der Waals surface area contributed by atoms with Crippen LogP contribution in [-0.4, -0.2) is 32.6 Å². The summed E-state index contributed by atoms with van der Waals surface area (Å²) in [5.74, 6) is 0.301. The molecule has 0 radical (unpaired) electrons. The van der Waals surface area contributed by atoms with E-state index in [1.54, 1.807) is 4.80 Å². The van der Waals surface area contributed by atoms with Crippen molar-refractivity contribution < 1.29 is 9.53 Å². The topological polar surface area (TPSA) is 81.1 Å². The third-order valence-electron chi connectivity index (χ3n) is 5.57. The summed E-state index contributed by atoms with van der Waals surface area (Å²) in [5, 5.41) is 15.2. The second kappa shape index (κ2) is 11.1. The van der Waals surface area contributed by atoms with Crippen LogP contribution in [0, 0.1) is 13.8 Å². The highest BCUT2D eigenvalue weighted by Crippen LogP contribution is 2.22. The van der Waals surface area contributed by atoms with E-state index in [0.29, 0.717) is 5.75 Å². The highest BCUT2D eigenvalue weighted by atomic mass is 32.1. The number of unbranched alkanes of at least 4 members (excludes halogenated alkanes) is 1. The van der Waals surface area contributed by atoms with E-state index in [1.807, 2.05) is 62.4 Å². The summed E-state index contributed by atoms with van der Waals surface area (Å²) in [6, 6.07) is 19.7. The van der Waals surface area contributed by atoms with Gasteiger partial charge < -0.3 is 10.1 Å². The van der Waals surface area contributed by atoms with Gasteiger partial charge in [0.2, 0.25) is 0 Å². The van der Waals surface area contributed by atoms with Gasteiger partial charge in [-0.05, 0) is 92.0 Å². The van der Waals surface area contributed by atoms with Crippen molar-refractivity contribution >= 4 is 40.0 Å². The minimum atomic E-state index is -0.337. The zero-order valence-corrected chi connectivity index (χ0v) is 21.0. The summed E-state index contributed by atoms with van der Waals surface area (Å²) in [6.07, 6.45) is 3.44. The molecule has 0 aliphatic rings. The van der Waals surface area contributed by atoms with E-state index in [2.05, 4.69) is 39.9 Å². The molecule has 0 aliphatic carbocycles. The molecular formula is C27H29N5O2S. The summed E-state index contributed by atoms with van der Waals surface area (Å²) < 4.78 is 5.53. The van der Waals surface area contributed by atoms with Crippen molar-refractivity contribution in [2.45, 2.75) is 40.0 Å². The molecule has 0 saturated carbocycles. The predicted molar refractivity (Wildman–Crippen MR) is 143 cm³/mol. The van der Waals surface area contributed by atoms with Crippen molar-refractivity contribution in [2.75, 3.05) is 11.9 Å². The molecule has 4 aromatic rings. The Morgan fingerprint density at radius 2 is 1.77 bits per heavy atom. The number of carbonyl (C=O) groups excluding carboxylic acids is 1. The fourth-order valence-electron chi connectivity index (χ4n) is 3.67. The van der Waals surface area contributed by atoms with Crippen LogP contribution in [0.15, 0.2) is 60.7 Å². The van der Waals surface area contributed by atoms with Crippen LogP contribution in [-0.2, 0) is 11.2 Å². The Kier molecular flexibility index (Phi) is 7.72. The quantitative estimate of drug-likeness (QED) is 0.330. The van der Waals surface area contributed by atoms with E-state index in [0.717, 1.165) is 40.0 Å². The number of benzene rings is 3. The van der Waals surface area contributed by atoms with Gasteiger partial charge in [-0.1, -0.05) is 37.6 Å². The SMILES string of the molecule is CCCCc1ccc(-n2nc3cc(C)c(NC(=S)NC(=O)COc4cccc(C)c4)cc3n2)cc1. The molecular weight excluding hydrogens is 458 g/mol. The summed E-state index contributed by atoms with van der Waals surface area (Å²) in [4.78, 5) is 13.9. The molecule has 1 aromatic heterocycles. The van der Waals surface area contributed by atoms with Crippen molar-refractivity contribution in [2.24, 2.45) is 0 Å². The molecule has 8 heteroatoms. The lowest BCUT2D eigenvalue weighted by molar-refractivity contribution is -0.121. The van der Waals surface area contributed by atoms with Crippen LogP contribution in [0.25, 0.3) is 16.7 Å². The number of hydrogen-bond donors (Lipinski definition) is 2. The number of rotatable bonds is 8. The summed E-state index contributed by atoms with van der Waals surface area (Å²) in [6.45, 7) is 5.98. The fraction of sp³-hybridized carbons (Fsp3) is 0.259. The summed E-state index contributed by atoms with van der Waals surface area (Å²) >= 11 is 5.33. The highest BCUT2D eigenvalue weighted by Gasteiger charge is 2.11. The normalized spacial score (nSPS) is 10.8. The number of fused-ring (bicyclic) bond motifs is 1. The van der Waals surface area contributed by atoms with Gasteiger partial charge in [0.25, 0.3) is 5.91 Å². The average Bonchev–Trinajstić information content (AvgIpc) is 3.24. The van der Waals surface area contributed by atoms with Gasteiger partial charge >= 0.3 is 0 Å². The van der Waals surface area contributed by atoms with Crippen molar-refractivity contribution in [3.8, 4) is 11.4 Å². The number of carbonyl (C=O) groups is 1.